The molecular formula is C17H15BrN7O5S2+. The van der Waals surface area contributed by atoms with E-state index in [0.717, 1.165) is 16.0 Å². The Morgan fingerprint density at radius 2 is 2.12 bits per heavy atom. The Kier molecular flexibility index (Phi) is 6.12. The third-order valence-electron chi connectivity index (χ3n) is 4.73. The first-order chi connectivity index (χ1) is 15.3. The molecule has 1 saturated heterocycles. The Labute approximate surface area is 197 Å². The summed E-state index contributed by atoms with van der Waals surface area (Å²) in [6.07, 6.45) is 3.59. The third-order valence-corrected chi connectivity index (χ3v) is 7.14. The summed E-state index contributed by atoms with van der Waals surface area (Å²) >= 11 is 5.50. The van der Waals surface area contributed by atoms with Crippen LogP contribution in [0.5, 0.6) is 0 Å². The van der Waals surface area contributed by atoms with Crippen molar-refractivity contribution in [2.75, 3.05) is 11.5 Å². The predicted molar refractivity (Wildman–Crippen MR) is 117 cm³/mol. The Morgan fingerprint density at radius 3 is 2.72 bits per heavy atom. The molecule has 0 bridgehead atoms. The molecule has 0 radical (unpaired) electrons. The van der Waals surface area contributed by atoms with Crippen LogP contribution in [-0.2, 0) is 20.9 Å². The number of nitrogen functional groups attached to an aromatic ring is 1. The van der Waals surface area contributed by atoms with Crippen LogP contribution in [0.25, 0.3) is 0 Å². The van der Waals surface area contributed by atoms with Gasteiger partial charge in [0, 0.05) is 39.5 Å². The summed E-state index contributed by atoms with van der Waals surface area (Å²) in [6, 6.07) is 2.66. The molecule has 2 aliphatic rings. The van der Waals surface area contributed by atoms with E-state index in [4.69, 9.17) is 5.73 Å². The molecule has 0 aliphatic carbocycles. The Bertz CT molecular complexity index is 1170. The van der Waals surface area contributed by atoms with E-state index in [0.29, 0.717) is 17.9 Å². The molecule has 5 N–H and O–H groups in total. The number of halogens is 1. The second-order valence-corrected chi connectivity index (χ2v) is 9.52. The number of thioether (sulfide) groups is 1. The number of fused-ring (bicyclic) bond motifs is 1. The van der Waals surface area contributed by atoms with Gasteiger partial charge in [0.25, 0.3) is 11.8 Å². The highest BCUT2D eigenvalue weighted by molar-refractivity contribution is 9.10. The van der Waals surface area contributed by atoms with Gasteiger partial charge in [0.15, 0.2) is 24.1 Å². The first-order valence-electron chi connectivity index (χ1n) is 8.97. The Morgan fingerprint density at radius 1 is 1.41 bits per heavy atom. The number of nitrogens with zero attached hydrogens (tertiary/aromatic N) is 5. The van der Waals surface area contributed by atoms with Crippen LogP contribution in [0.1, 0.15) is 5.82 Å². The lowest BCUT2D eigenvalue weighted by Crippen LogP contribution is -2.71. The smallest absolute Gasteiger partial charge is 0.352 e. The van der Waals surface area contributed by atoms with Crippen molar-refractivity contribution < 1.29 is 29.3 Å². The normalized spacial score (nSPS) is 20.6. The van der Waals surface area contributed by atoms with E-state index in [9.17, 15) is 24.7 Å². The molecule has 0 spiro atoms. The van der Waals surface area contributed by atoms with Crippen LogP contribution < -0.4 is 15.6 Å². The summed E-state index contributed by atoms with van der Waals surface area (Å²) in [6.45, 7) is 0.299. The summed E-state index contributed by atoms with van der Waals surface area (Å²) in [5.41, 5.74) is 5.47. The zero-order chi connectivity index (χ0) is 23.0. The topological polar surface area (TPSA) is 175 Å². The lowest BCUT2D eigenvalue weighted by atomic mass is 10.0. The highest BCUT2D eigenvalue weighted by Crippen LogP contribution is 2.40. The van der Waals surface area contributed by atoms with Gasteiger partial charge in [0.1, 0.15) is 17.1 Å². The molecule has 2 atom stereocenters. The highest BCUT2D eigenvalue weighted by atomic mass is 79.9. The van der Waals surface area contributed by atoms with E-state index in [1.54, 1.807) is 12.4 Å². The van der Waals surface area contributed by atoms with Gasteiger partial charge in [-0.05, 0) is 0 Å². The third kappa shape index (κ3) is 4.05. The van der Waals surface area contributed by atoms with Gasteiger partial charge in [-0.1, -0.05) is 21.1 Å². The SMILES string of the molecule is Nc1nc(/C(=N/O)C(=O)N[C@@H]2C(=O)N3C(C(=O)O)=C(C[n+]4ccc(Br)cc4)CS[C@H]23)ns1. The fraction of sp³-hybridized carbons (Fsp3) is 0.235. The number of β-lactam (4-membered cyclic amide) rings is 1. The molecule has 1 fully saturated rings. The van der Waals surface area contributed by atoms with Gasteiger partial charge in [-0.2, -0.15) is 9.36 Å². The number of aliphatic carboxylic acids is 1. The van der Waals surface area contributed by atoms with Gasteiger partial charge < -0.3 is 21.4 Å². The molecule has 2 aliphatic heterocycles. The Balaban J connectivity index is 1.52. The minimum atomic E-state index is -1.22. The minimum absolute atomic E-state index is 0.0788. The van der Waals surface area contributed by atoms with Crippen molar-refractivity contribution in [1.82, 2.24) is 19.6 Å². The van der Waals surface area contributed by atoms with Crippen molar-refractivity contribution in [3.05, 3.63) is 46.1 Å². The average Bonchev–Trinajstić information content (AvgIpc) is 3.19. The first kappa shape index (κ1) is 22.2. The quantitative estimate of drug-likeness (QED) is 0.127. The molecule has 15 heteroatoms. The second kappa shape index (κ2) is 8.84. The van der Waals surface area contributed by atoms with Gasteiger partial charge in [-0.3, -0.25) is 14.5 Å². The average molecular weight is 541 g/mol. The molecule has 166 valence electrons. The van der Waals surface area contributed by atoms with Crippen molar-refractivity contribution in [3.8, 4) is 0 Å². The number of carboxylic acid groups (broad SMARTS) is 1. The second-order valence-electron chi connectivity index (χ2n) is 6.71. The molecule has 2 aromatic rings. The van der Waals surface area contributed by atoms with E-state index >= 15 is 0 Å². The van der Waals surface area contributed by atoms with Gasteiger partial charge in [-0.25, -0.2) is 9.36 Å². The van der Waals surface area contributed by atoms with E-state index in [1.165, 1.54) is 16.7 Å². The summed E-state index contributed by atoms with van der Waals surface area (Å²) < 4.78 is 6.51. The molecule has 2 aromatic heterocycles. The summed E-state index contributed by atoms with van der Waals surface area (Å²) in [4.78, 5) is 42.2. The summed E-state index contributed by atoms with van der Waals surface area (Å²) in [5.74, 6) is -2.49. The number of carbonyl (C=O) groups excluding carboxylic acids is 2. The lowest BCUT2D eigenvalue weighted by molar-refractivity contribution is -0.689. The van der Waals surface area contributed by atoms with Gasteiger partial charge in [0.05, 0.1) is 0 Å². The fourth-order valence-electron chi connectivity index (χ4n) is 3.30. The van der Waals surface area contributed by atoms with Crippen LogP contribution in [0.4, 0.5) is 5.13 Å². The first-order valence-corrected chi connectivity index (χ1v) is 11.6. The molecular weight excluding hydrogens is 526 g/mol. The molecule has 4 heterocycles. The molecule has 32 heavy (non-hydrogen) atoms. The maximum Gasteiger partial charge on any atom is 0.352 e. The van der Waals surface area contributed by atoms with Crippen LogP contribution in [0.3, 0.4) is 0 Å². The van der Waals surface area contributed by atoms with Crippen molar-refractivity contribution in [2.24, 2.45) is 5.16 Å². The van der Waals surface area contributed by atoms with Crippen LogP contribution in [0, 0.1) is 0 Å². The number of oxime groups is 1. The number of pyridine rings is 1. The zero-order valence-corrected chi connectivity index (χ0v) is 19.2. The number of nitrogens with two attached hydrogens (primary N) is 1. The number of aromatic nitrogens is 3. The number of nitrogens with one attached hydrogen (secondary N) is 1. The van der Waals surface area contributed by atoms with Crippen LogP contribution in [0.2, 0.25) is 0 Å². The molecule has 0 aromatic carbocycles. The standard InChI is InChI=1S/C17H14BrN7O5S2/c18-8-1-3-24(4-2-8)5-7-6-31-15-10(14(27)25(15)11(7)16(28)29)20-13(26)9(22-30)12-21-17(19)32-23-12/h1-4,10,15H,5-6H2,(H4-,19,20,21,23,26,28,29,30)/p+1/t10-,15-/m1/s1. The van der Waals surface area contributed by atoms with Crippen molar-refractivity contribution in [3.63, 3.8) is 0 Å². The predicted octanol–water partition coefficient (Wildman–Crippen LogP) is -0.213. The fourth-order valence-corrected chi connectivity index (χ4v) is 5.31. The number of anilines is 1. The summed E-state index contributed by atoms with van der Waals surface area (Å²) in [7, 11) is 0. The zero-order valence-electron chi connectivity index (χ0n) is 16.0. The van der Waals surface area contributed by atoms with E-state index in [2.05, 4.69) is 35.8 Å². The number of carboxylic acids is 1. The van der Waals surface area contributed by atoms with Crippen LogP contribution in [0.15, 0.2) is 45.4 Å². The summed E-state index contributed by atoms with van der Waals surface area (Å²) in [5, 5.41) is 23.8. The maximum atomic E-state index is 12.8. The van der Waals surface area contributed by atoms with Crippen molar-refractivity contribution >= 4 is 67.9 Å². The molecule has 0 saturated carbocycles. The van der Waals surface area contributed by atoms with Crippen molar-refractivity contribution in [1.29, 1.82) is 0 Å². The van der Waals surface area contributed by atoms with E-state index in [1.807, 2.05) is 16.7 Å². The Hall–Kier alpha value is -3.04. The monoisotopic (exact) mass is 540 g/mol. The minimum Gasteiger partial charge on any atom is -0.477 e. The van der Waals surface area contributed by atoms with Crippen molar-refractivity contribution in [2.45, 2.75) is 18.0 Å². The van der Waals surface area contributed by atoms with E-state index in [-0.39, 0.29) is 16.7 Å². The number of hydrogen-bond acceptors (Lipinski definition) is 10. The van der Waals surface area contributed by atoms with E-state index < -0.39 is 34.9 Å². The number of carbonyl (C=O) groups is 3. The number of amides is 2. The highest BCUT2D eigenvalue weighted by Gasteiger charge is 2.54. The largest absolute Gasteiger partial charge is 0.477 e. The molecule has 2 amide bonds. The van der Waals surface area contributed by atoms with Gasteiger partial charge in [-0.15, -0.1) is 11.8 Å². The van der Waals surface area contributed by atoms with Gasteiger partial charge >= 0.3 is 5.97 Å². The number of hydrogen-bond donors (Lipinski definition) is 4. The molecule has 12 nitrogen and oxygen atoms in total. The molecule has 4 rings (SSSR count). The number of rotatable bonds is 6. The van der Waals surface area contributed by atoms with Crippen LogP contribution >= 0.6 is 39.2 Å². The lowest BCUT2D eigenvalue weighted by Gasteiger charge is -2.49. The van der Waals surface area contributed by atoms with Crippen LogP contribution in [-0.4, -0.2) is 65.2 Å². The van der Waals surface area contributed by atoms with Gasteiger partial charge in [0.2, 0.25) is 11.5 Å². The maximum absolute atomic E-state index is 12.8. The molecule has 0 unspecified atom stereocenters.